The Morgan fingerprint density at radius 3 is 2.94 bits per heavy atom. The molecule has 1 aromatic carbocycles. The molecule has 1 aliphatic rings. The lowest BCUT2D eigenvalue weighted by atomic mass is 9.78. The van der Waals surface area contributed by atoms with Crippen molar-refractivity contribution in [3.05, 3.63) is 34.1 Å². The van der Waals surface area contributed by atoms with Gasteiger partial charge in [-0.25, -0.2) is 4.39 Å². The molecular weight excluding hydrogens is 283 g/mol. The molecule has 0 spiro atoms. The van der Waals surface area contributed by atoms with Crippen molar-refractivity contribution in [1.29, 1.82) is 0 Å². The number of ketones is 1. The summed E-state index contributed by atoms with van der Waals surface area (Å²) in [6.07, 6.45) is 3.42. The fourth-order valence-corrected chi connectivity index (χ4v) is 2.90. The Morgan fingerprint density at radius 1 is 1.47 bits per heavy atom. The standard InChI is InChI=1S/C14H16BrFO/c1-9-2-5-14(17)11(6-9)7-10-3-4-13(16)12(15)8-10/h3-4,8-9,11H,2,5-7H2,1H3. The van der Waals surface area contributed by atoms with Gasteiger partial charge in [-0.1, -0.05) is 13.0 Å². The molecule has 92 valence electrons. The van der Waals surface area contributed by atoms with Crippen LogP contribution in [0.25, 0.3) is 0 Å². The van der Waals surface area contributed by atoms with Crippen LogP contribution in [0.2, 0.25) is 0 Å². The maximum atomic E-state index is 13.1. The van der Waals surface area contributed by atoms with Crippen LogP contribution in [0.15, 0.2) is 22.7 Å². The summed E-state index contributed by atoms with van der Waals surface area (Å²) in [5.74, 6) is 0.860. The van der Waals surface area contributed by atoms with E-state index in [4.69, 9.17) is 0 Å². The largest absolute Gasteiger partial charge is 0.299 e. The number of rotatable bonds is 2. The van der Waals surface area contributed by atoms with E-state index in [9.17, 15) is 9.18 Å². The van der Waals surface area contributed by atoms with E-state index in [0.29, 0.717) is 22.6 Å². The van der Waals surface area contributed by atoms with E-state index in [1.165, 1.54) is 6.07 Å². The lowest BCUT2D eigenvalue weighted by molar-refractivity contribution is -0.125. The number of halogens is 2. The minimum Gasteiger partial charge on any atom is -0.299 e. The first-order valence-electron chi connectivity index (χ1n) is 6.03. The van der Waals surface area contributed by atoms with Crippen molar-refractivity contribution >= 4 is 21.7 Å². The zero-order chi connectivity index (χ0) is 12.4. The molecule has 2 atom stereocenters. The Labute approximate surface area is 110 Å². The van der Waals surface area contributed by atoms with E-state index in [2.05, 4.69) is 22.9 Å². The molecule has 1 fully saturated rings. The van der Waals surface area contributed by atoms with Gasteiger partial charge < -0.3 is 0 Å². The normalized spacial score (nSPS) is 25.0. The van der Waals surface area contributed by atoms with Crippen LogP contribution < -0.4 is 0 Å². The average Bonchev–Trinajstić information content (AvgIpc) is 2.29. The molecule has 0 aliphatic heterocycles. The SMILES string of the molecule is CC1CCC(=O)C(Cc2ccc(F)c(Br)c2)C1. The number of hydrogen-bond acceptors (Lipinski definition) is 1. The van der Waals surface area contributed by atoms with Crippen LogP contribution in [0.1, 0.15) is 31.7 Å². The fourth-order valence-electron chi connectivity index (χ4n) is 2.48. The van der Waals surface area contributed by atoms with Crippen molar-refractivity contribution in [2.45, 2.75) is 32.6 Å². The first-order valence-corrected chi connectivity index (χ1v) is 6.82. The van der Waals surface area contributed by atoms with Gasteiger partial charge >= 0.3 is 0 Å². The Hall–Kier alpha value is -0.700. The second-order valence-electron chi connectivity index (χ2n) is 5.00. The lowest BCUT2D eigenvalue weighted by Crippen LogP contribution is -2.25. The van der Waals surface area contributed by atoms with E-state index >= 15 is 0 Å². The third kappa shape index (κ3) is 3.15. The minimum atomic E-state index is -0.253. The summed E-state index contributed by atoms with van der Waals surface area (Å²) in [5, 5.41) is 0. The number of hydrogen-bond donors (Lipinski definition) is 0. The molecule has 1 aliphatic carbocycles. The van der Waals surface area contributed by atoms with Gasteiger partial charge in [0.15, 0.2) is 0 Å². The predicted molar refractivity (Wildman–Crippen MR) is 69.3 cm³/mol. The Balaban J connectivity index is 2.08. The highest BCUT2D eigenvalue weighted by Gasteiger charge is 2.26. The van der Waals surface area contributed by atoms with Crippen LogP contribution >= 0.6 is 15.9 Å². The predicted octanol–water partition coefficient (Wildman–Crippen LogP) is 4.14. The minimum absolute atomic E-state index is 0.121. The summed E-state index contributed by atoms with van der Waals surface area (Å²) in [4.78, 5) is 11.8. The van der Waals surface area contributed by atoms with Crippen LogP contribution in [0, 0.1) is 17.7 Å². The van der Waals surface area contributed by atoms with Gasteiger partial charge in [0, 0.05) is 12.3 Å². The highest BCUT2D eigenvalue weighted by Crippen LogP contribution is 2.29. The van der Waals surface area contributed by atoms with Crippen molar-refractivity contribution < 1.29 is 9.18 Å². The maximum absolute atomic E-state index is 13.1. The van der Waals surface area contributed by atoms with E-state index in [-0.39, 0.29) is 11.7 Å². The van der Waals surface area contributed by atoms with Crippen molar-refractivity contribution in [2.24, 2.45) is 11.8 Å². The van der Waals surface area contributed by atoms with Crippen LogP contribution in [0.3, 0.4) is 0 Å². The van der Waals surface area contributed by atoms with Gasteiger partial charge in [-0.2, -0.15) is 0 Å². The zero-order valence-electron chi connectivity index (χ0n) is 9.88. The summed E-state index contributed by atoms with van der Waals surface area (Å²) in [7, 11) is 0. The first-order chi connectivity index (χ1) is 8.06. The highest BCUT2D eigenvalue weighted by molar-refractivity contribution is 9.10. The molecule has 0 amide bonds. The van der Waals surface area contributed by atoms with Crippen LogP contribution in [0.4, 0.5) is 4.39 Å². The Morgan fingerprint density at radius 2 is 2.24 bits per heavy atom. The molecule has 3 heteroatoms. The molecule has 1 nitrogen and oxygen atoms in total. The summed E-state index contributed by atoms with van der Waals surface area (Å²) < 4.78 is 13.6. The van der Waals surface area contributed by atoms with Gasteiger partial charge in [0.2, 0.25) is 0 Å². The molecule has 2 unspecified atom stereocenters. The van der Waals surface area contributed by atoms with Crippen LogP contribution in [-0.2, 0) is 11.2 Å². The van der Waals surface area contributed by atoms with Crippen molar-refractivity contribution in [2.75, 3.05) is 0 Å². The molecule has 0 N–H and O–H groups in total. The van der Waals surface area contributed by atoms with E-state index in [1.54, 1.807) is 12.1 Å². The first kappa shape index (κ1) is 12.7. The van der Waals surface area contributed by atoms with Gasteiger partial charge in [0.25, 0.3) is 0 Å². The van der Waals surface area contributed by atoms with Gasteiger partial charge in [-0.3, -0.25) is 4.79 Å². The third-order valence-electron chi connectivity index (χ3n) is 3.49. The lowest BCUT2D eigenvalue weighted by Gasteiger charge is -2.25. The average molecular weight is 299 g/mol. The molecule has 2 rings (SSSR count). The third-order valence-corrected chi connectivity index (χ3v) is 4.10. The van der Waals surface area contributed by atoms with Crippen LogP contribution in [0.5, 0.6) is 0 Å². The maximum Gasteiger partial charge on any atom is 0.137 e. The fraction of sp³-hybridized carbons (Fsp3) is 0.500. The molecule has 0 saturated heterocycles. The smallest absolute Gasteiger partial charge is 0.137 e. The molecule has 1 aromatic rings. The quantitative estimate of drug-likeness (QED) is 0.802. The van der Waals surface area contributed by atoms with E-state index in [1.807, 2.05) is 0 Å². The van der Waals surface area contributed by atoms with Gasteiger partial charge in [-0.05, 0) is 58.8 Å². The molecule has 0 aromatic heterocycles. The number of Topliss-reactive ketones (excluding diaryl/α,β-unsaturated/α-hetero) is 1. The zero-order valence-corrected chi connectivity index (χ0v) is 11.5. The summed E-state index contributed by atoms with van der Waals surface area (Å²) in [6.45, 7) is 2.19. The molecular formula is C14H16BrFO. The van der Waals surface area contributed by atoms with E-state index in [0.717, 1.165) is 24.8 Å². The van der Waals surface area contributed by atoms with Gasteiger partial charge in [-0.15, -0.1) is 0 Å². The molecule has 0 bridgehead atoms. The molecule has 0 heterocycles. The van der Waals surface area contributed by atoms with Gasteiger partial charge in [0.05, 0.1) is 4.47 Å². The van der Waals surface area contributed by atoms with Crippen molar-refractivity contribution in [3.63, 3.8) is 0 Å². The number of carbonyl (C=O) groups excluding carboxylic acids is 1. The highest BCUT2D eigenvalue weighted by atomic mass is 79.9. The number of carbonyl (C=O) groups is 1. The van der Waals surface area contributed by atoms with Crippen LogP contribution in [-0.4, -0.2) is 5.78 Å². The second-order valence-corrected chi connectivity index (χ2v) is 5.85. The summed E-state index contributed by atoms with van der Waals surface area (Å²) in [6, 6.07) is 5.00. The van der Waals surface area contributed by atoms with E-state index < -0.39 is 0 Å². The summed E-state index contributed by atoms with van der Waals surface area (Å²) in [5.41, 5.74) is 1.03. The molecule has 0 radical (unpaired) electrons. The molecule has 1 saturated carbocycles. The summed E-state index contributed by atoms with van der Waals surface area (Å²) >= 11 is 3.18. The number of benzene rings is 1. The Bertz CT molecular complexity index is 430. The monoisotopic (exact) mass is 298 g/mol. The second kappa shape index (κ2) is 5.30. The Kier molecular flexibility index (Phi) is 3.97. The van der Waals surface area contributed by atoms with Crippen molar-refractivity contribution in [3.8, 4) is 0 Å². The molecule has 17 heavy (non-hydrogen) atoms. The van der Waals surface area contributed by atoms with Crippen molar-refractivity contribution in [1.82, 2.24) is 0 Å². The van der Waals surface area contributed by atoms with Gasteiger partial charge in [0.1, 0.15) is 11.6 Å². The topological polar surface area (TPSA) is 17.1 Å².